The molecule has 1 aliphatic carbocycles. The summed E-state index contributed by atoms with van der Waals surface area (Å²) in [6.45, 7) is 2.48. The van der Waals surface area contributed by atoms with Gasteiger partial charge in [-0.15, -0.1) is 0 Å². The predicted octanol–water partition coefficient (Wildman–Crippen LogP) is 3.42. The molecule has 2 fully saturated rings. The van der Waals surface area contributed by atoms with Crippen LogP contribution in [0.15, 0.2) is 0 Å². The Labute approximate surface area is 123 Å². The van der Waals surface area contributed by atoms with Crippen LogP contribution in [0.2, 0.25) is 0 Å². The average molecular weight is 285 g/mol. The Kier molecular flexibility index (Phi) is 7.62. The lowest BCUT2D eigenvalue weighted by Crippen LogP contribution is -2.50. The largest absolute Gasteiger partial charge is 0.314 e. The van der Waals surface area contributed by atoms with Crippen LogP contribution in [-0.4, -0.2) is 37.2 Å². The van der Waals surface area contributed by atoms with Gasteiger partial charge in [0.05, 0.1) is 0 Å². The fraction of sp³-hybridized carbons (Fsp3) is 1.00. The molecule has 0 spiro atoms. The van der Waals surface area contributed by atoms with Crippen molar-refractivity contribution in [3.05, 3.63) is 0 Å². The highest BCUT2D eigenvalue weighted by Gasteiger charge is 2.31. The Morgan fingerprint density at radius 1 is 1.05 bits per heavy atom. The third-order valence-electron chi connectivity index (χ3n) is 4.87. The maximum atomic E-state index is 3.88. The molecule has 1 saturated heterocycles. The predicted molar refractivity (Wildman–Crippen MR) is 87.0 cm³/mol. The second kappa shape index (κ2) is 9.25. The zero-order chi connectivity index (χ0) is 13.3. The average Bonchev–Trinajstić information content (AvgIpc) is 2.48. The molecule has 0 aromatic rings. The lowest BCUT2D eigenvalue weighted by Gasteiger charge is -2.40. The summed E-state index contributed by atoms with van der Waals surface area (Å²) in [5.41, 5.74) is 0. The molecule has 0 radical (unpaired) electrons. The van der Waals surface area contributed by atoms with Crippen molar-refractivity contribution in [1.82, 2.24) is 10.6 Å². The van der Waals surface area contributed by atoms with Crippen LogP contribution >= 0.6 is 11.8 Å². The topological polar surface area (TPSA) is 24.1 Å². The number of rotatable bonds is 7. The van der Waals surface area contributed by atoms with Crippen LogP contribution in [0.5, 0.6) is 0 Å². The minimum absolute atomic E-state index is 0.790. The van der Waals surface area contributed by atoms with Crippen LogP contribution in [-0.2, 0) is 0 Å². The summed E-state index contributed by atoms with van der Waals surface area (Å²) in [6.07, 6.45) is 14.9. The van der Waals surface area contributed by atoms with E-state index < -0.39 is 0 Å². The maximum absolute atomic E-state index is 3.88. The van der Waals surface area contributed by atoms with Gasteiger partial charge in [-0.05, 0) is 69.5 Å². The summed E-state index contributed by atoms with van der Waals surface area (Å²) >= 11 is 1.97. The zero-order valence-corrected chi connectivity index (χ0v) is 13.4. The molecule has 0 bridgehead atoms. The van der Waals surface area contributed by atoms with Crippen molar-refractivity contribution in [2.45, 2.75) is 69.9 Å². The van der Waals surface area contributed by atoms with Crippen molar-refractivity contribution in [3.8, 4) is 0 Å². The second-order valence-electron chi connectivity index (χ2n) is 6.27. The molecule has 3 atom stereocenters. The van der Waals surface area contributed by atoms with Crippen molar-refractivity contribution in [3.63, 3.8) is 0 Å². The Morgan fingerprint density at radius 2 is 1.89 bits per heavy atom. The molecular formula is C16H32N2S. The van der Waals surface area contributed by atoms with Gasteiger partial charge in [-0.25, -0.2) is 0 Å². The van der Waals surface area contributed by atoms with Crippen LogP contribution in [0.3, 0.4) is 0 Å². The Hall–Kier alpha value is 0.270. The molecule has 0 amide bonds. The van der Waals surface area contributed by atoms with E-state index in [1.807, 2.05) is 11.8 Å². The third kappa shape index (κ3) is 5.28. The van der Waals surface area contributed by atoms with Gasteiger partial charge in [0.25, 0.3) is 0 Å². The van der Waals surface area contributed by atoms with E-state index in [9.17, 15) is 0 Å². The first kappa shape index (κ1) is 15.7. The first-order valence-electron chi connectivity index (χ1n) is 8.37. The SMILES string of the molecule is CSCCCCNC1CCCCC1C1CCCCN1. The summed E-state index contributed by atoms with van der Waals surface area (Å²) < 4.78 is 0. The molecular weight excluding hydrogens is 252 g/mol. The van der Waals surface area contributed by atoms with E-state index in [1.54, 1.807) is 0 Å². The molecule has 2 nitrogen and oxygen atoms in total. The van der Waals surface area contributed by atoms with Crippen LogP contribution in [0.4, 0.5) is 0 Å². The van der Waals surface area contributed by atoms with E-state index in [4.69, 9.17) is 0 Å². The standard InChI is InChI=1S/C16H32N2S/c1-19-13-7-6-12-18-15-9-3-2-8-14(15)16-10-4-5-11-17-16/h14-18H,2-13H2,1H3. The monoisotopic (exact) mass is 284 g/mol. The number of piperidine rings is 1. The maximum Gasteiger partial charge on any atom is 0.0110 e. The molecule has 0 aromatic heterocycles. The van der Waals surface area contributed by atoms with Crippen LogP contribution in [0, 0.1) is 5.92 Å². The van der Waals surface area contributed by atoms with Gasteiger partial charge in [0.2, 0.25) is 0 Å². The fourth-order valence-corrected chi connectivity index (χ4v) is 4.29. The van der Waals surface area contributed by atoms with E-state index in [0.29, 0.717) is 0 Å². The third-order valence-corrected chi connectivity index (χ3v) is 5.56. The highest BCUT2D eigenvalue weighted by atomic mass is 32.2. The van der Waals surface area contributed by atoms with Crippen LogP contribution in [0.1, 0.15) is 57.8 Å². The second-order valence-corrected chi connectivity index (χ2v) is 7.25. The van der Waals surface area contributed by atoms with Gasteiger partial charge in [-0.2, -0.15) is 11.8 Å². The van der Waals surface area contributed by atoms with E-state index in [2.05, 4.69) is 16.9 Å². The van der Waals surface area contributed by atoms with Gasteiger partial charge < -0.3 is 10.6 Å². The molecule has 2 rings (SSSR count). The summed E-state index contributed by atoms with van der Waals surface area (Å²) in [7, 11) is 0. The minimum Gasteiger partial charge on any atom is -0.314 e. The number of nitrogens with one attached hydrogen (secondary N) is 2. The summed E-state index contributed by atoms with van der Waals surface area (Å²) in [4.78, 5) is 0. The highest BCUT2D eigenvalue weighted by Crippen LogP contribution is 2.30. The van der Waals surface area contributed by atoms with Gasteiger partial charge in [0.15, 0.2) is 0 Å². The Balaban J connectivity index is 1.72. The van der Waals surface area contributed by atoms with Crippen LogP contribution < -0.4 is 10.6 Å². The van der Waals surface area contributed by atoms with Crippen molar-refractivity contribution >= 4 is 11.8 Å². The van der Waals surface area contributed by atoms with E-state index in [-0.39, 0.29) is 0 Å². The molecule has 1 saturated carbocycles. The molecule has 3 unspecified atom stereocenters. The van der Waals surface area contributed by atoms with E-state index in [1.165, 1.54) is 76.6 Å². The molecule has 2 aliphatic rings. The number of thioether (sulfide) groups is 1. The highest BCUT2D eigenvalue weighted by molar-refractivity contribution is 7.98. The summed E-state index contributed by atoms with van der Waals surface area (Å²) in [5, 5.41) is 7.66. The molecule has 19 heavy (non-hydrogen) atoms. The van der Waals surface area contributed by atoms with Gasteiger partial charge in [-0.3, -0.25) is 0 Å². The number of unbranched alkanes of at least 4 members (excludes halogenated alkanes) is 1. The molecule has 3 heteroatoms. The lowest BCUT2D eigenvalue weighted by atomic mass is 9.77. The zero-order valence-electron chi connectivity index (χ0n) is 12.6. The fourth-order valence-electron chi connectivity index (χ4n) is 3.80. The normalized spacial score (nSPS) is 32.4. The molecule has 112 valence electrons. The molecule has 0 aromatic carbocycles. The smallest absolute Gasteiger partial charge is 0.0110 e. The van der Waals surface area contributed by atoms with E-state index >= 15 is 0 Å². The molecule has 1 heterocycles. The first-order chi connectivity index (χ1) is 9.42. The summed E-state index contributed by atoms with van der Waals surface area (Å²) in [6, 6.07) is 1.59. The first-order valence-corrected chi connectivity index (χ1v) is 9.77. The molecule has 1 aliphatic heterocycles. The summed E-state index contributed by atoms with van der Waals surface area (Å²) in [5.74, 6) is 2.22. The Morgan fingerprint density at radius 3 is 2.68 bits per heavy atom. The van der Waals surface area contributed by atoms with Gasteiger partial charge in [0.1, 0.15) is 0 Å². The quantitative estimate of drug-likeness (QED) is 0.701. The van der Waals surface area contributed by atoms with Crippen molar-refractivity contribution in [1.29, 1.82) is 0 Å². The van der Waals surface area contributed by atoms with Crippen molar-refractivity contribution in [2.24, 2.45) is 5.92 Å². The van der Waals surface area contributed by atoms with Crippen LogP contribution in [0.25, 0.3) is 0 Å². The lowest BCUT2D eigenvalue weighted by molar-refractivity contribution is 0.182. The minimum atomic E-state index is 0.790. The Bertz CT molecular complexity index is 229. The number of hydrogen-bond donors (Lipinski definition) is 2. The van der Waals surface area contributed by atoms with Crippen molar-refractivity contribution in [2.75, 3.05) is 25.1 Å². The number of hydrogen-bond acceptors (Lipinski definition) is 3. The van der Waals surface area contributed by atoms with Gasteiger partial charge in [0, 0.05) is 12.1 Å². The van der Waals surface area contributed by atoms with E-state index in [0.717, 1.165) is 18.0 Å². The van der Waals surface area contributed by atoms with Gasteiger partial charge in [-0.1, -0.05) is 19.3 Å². The molecule has 2 N–H and O–H groups in total. The van der Waals surface area contributed by atoms with Gasteiger partial charge >= 0.3 is 0 Å². The van der Waals surface area contributed by atoms with Crippen molar-refractivity contribution < 1.29 is 0 Å².